The van der Waals surface area contributed by atoms with Crippen molar-refractivity contribution in [3.8, 4) is 0 Å². The van der Waals surface area contributed by atoms with Crippen LogP contribution < -0.4 is 5.32 Å². The van der Waals surface area contributed by atoms with Gasteiger partial charge in [0.05, 0.1) is 11.6 Å². The molecule has 0 saturated carbocycles. The number of benzene rings is 2. The zero-order chi connectivity index (χ0) is 16.9. The number of alkyl halides is 3. The van der Waals surface area contributed by atoms with Crippen LogP contribution in [0.5, 0.6) is 0 Å². The number of allylic oxidation sites excluding steroid dienone is 2. The average Bonchev–Trinajstić information content (AvgIpc) is 3.03. The van der Waals surface area contributed by atoms with Crippen LogP contribution in [-0.2, 0) is 6.18 Å². The highest BCUT2D eigenvalue weighted by Gasteiger charge is 2.39. The Bertz CT molecular complexity index is 795. The van der Waals surface area contributed by atoms with E-state index >= 15 is 0 Å². The van der Waals surface area contributed by atoms with Crippen molar-refractivity contribution in [2.75, 3.05) is 5.32 Å². The van der Waals surface area contributed by atoms with Crippen LogP contribution in [0.2, 0.25) is 0 Å². The first-order valence-electron chi connectivity index (χ1n) is 7.83. The maximum Gasteiger partial charge on any atom is 0.416 e. The van der Waals surface area contributed by atoms with Crippen LogP contribution >= 0.6 is 15.9 Å². The highest BCUT2D eigenvalue weighted by atomic mass is 79.9. The lowest BCUT2D eigenvalue weighted by Gasteiger charge is -2.38. The molecule has 0 amide bonds. The molecule has 0 fully saturated rings. The van der Waals surface area contributed by atoms with Gasteiger partial charge in [-0.05, 0) is 53.8 Å². The van der Waals surface area contributed by atoms with Gasteiger partial charge in [0.15, 0.2) is 0 Å². The number of anilines is 1. The molecule has 1 heterocycles. The van der Waals surface area contributed by atoms with E-state index in [-0.39, 0.29) is 17.9 Å². The van der Waals surface area contributed by atoms with Gasteiger partial charge in [0.25, 0.3) is 0 Å². The van der Waals surface area contributed by atoms with E-state index in [1.807, 2.05) is 12.1 Å². The maximum atomic E-state index is 13.0. The van der Waals surface area contributed by atoms with Crippen LogP contribution in [0.15, 0.2) is 59.1 Å². The number of hydrogen-bond donors (Lipinski definition) is 1. The molecule has 4 rings (SSSR count). The molecule has 1 nitrogen and oxygen atoms in total. The monoisotopic (exact) mass is 393 g/mol. The summed E-state index contributed by atoms with van der Waals surface area (Å²) in [4.78, 5) is 0. The summed E-state index contributed by atoms with van der Waals surface area (Å²) in [7, 11) is 0. The molecule has 1 aliphatic carbocycles. The summed E-state index contributed by atoms with van der Waals surface area (Å²) in [6, 6.07) is 12.2. The molecule has 0 aromatic heterocycles. The first-order valence-corrected chi connectivity index (χ1v) is 8.62. The Morgan fingerprint density at radius 1 is 1.04 bits per heavy atom. The maximum absolute atomic E-state index is 13.0. The number of nitrogens with one attached hydrogen (secondary N) is 1. The third-order valence-electron chi connectivity index (χ3n) is 4.92. The van der Waals surface area contributed by atoms with Gasteiger partial charge in [-0.1, -0.05) is 40.2 Å². The second-order valence-corrected chi connectivity index (χ2v) is 7.24. The van der Waals surface area contributed by atoms with Gasteiger partial charge in [0.2, 0.25) is 0 Å². The zero-order valence-electron chi connectivity index (χ0n) is 12.6. The minimum atomic E-state index is -4.31. The van der Waals surface area contributed by atoms with E-state index in [2.05, 4.69) is 45.5 Å². The molecule has 0 radical (unpaired) electrons. The number of halogens is 4. The lowest BCUT2D eigenvalue weighted by atomic mass is 9.76. The molecule has 2 aromatic rings. The van der Waals surface area contributed by atoms with Crippen molar-refractivity contribution in [3.63, 3.8) is 0 Å². The van der Waals surface area contributed by atoms with Gasteiger partial charge in [-0.3, -0.25) is 0 Å². The Morgan fingerprint density at radius 3 is 2.50 bits per heavy atom. The molecule has 2 aliphatic rings. The SMILES string of the molecule is FC(F)(F)c1ccc2c(c1)[C@@H]1C=CC[C@@H]1[C@H](c1ccc(Br)cc1)N2. The Balaban J connectivity index is 1.76. The first-order chi connectivity index (χ1) is 11.4. The van der Waals surface area contributed by atoms with E-state index < -0.39 is 11.7 Å². The fourth-order valence-electron chi connectivity index (χ4n) is 3.77. The molecule has 3 atom stereocenters. The van der Waals surface area contributed by atoms with E-state index in [4.69, 9.17) is 0 Å². The topological polar surface area (TPSA) is 12.0 Å². The number of fused-ring (bicyclic) bond motifs is 3. The van der Waals surface area contributed by atoms with Crippen molar-refractivity contribution in [1.29, 1.82) is 0 Å². The summed E-state index contributed by atoms with van der Waals surface area (Å²) >= 11 is 3.44. The summed E-state index contributed by atoms with van der Waals surface area (Å²) in [5.74, 6) is 0.263. The molecular formula is C19H15BrF3N. The molecule has 0 spiro atoms. The van der Waals surface area contributed by atoms with Crippen molar-refractivity contribution in [2.45, 2.75) is 24.6 Å². The van der Waals surface area contributed by atoms with Crippen molar-refractivity contribution < 1.29 is 13.2 Å². The molecule has 24 heavy (non-hydrogen) atoms. The first kappa shape index (κ1) is 15.8. The largest absolute Gasteiger partial charge is 0.416 e. The second-order valence-electron chi connectivity index (χ2n) is 6.33. The lowest BCUT2D eigenvalue weighted by molar-refractivity contribution is -0.137. The van der Waals surface area contributed by atoms with Gasteiger partial charge in [-0.25, -0.2) is 0 Å². The molecule has 0 saturated heterocycles. The quantitative estimate of drug-likeness (QED) is 0.561. The third kappa shape index (κ3) is 2.65. The fourth-order valence-corrected chi connectivity index (χ4v) is 4.04. The molecular weight excluding hydrogens is 379 g/mol. The lowest BCUT2D eigenvalue weighted by Crippen LogP contribution is -2.29. The second kappa shape index (κ2) is 5.66. The summed E-state index contributed by atoms with van der Waals surface area (Å²) < 4.78 is 40.1. The van der Waals surface area contributed by atoms with E-state index in [1.54, 1.807) is 6.07 Å². The van der Waals surface area contributed by atoms with E-state index in [1.165, 1.54) is 6.07 Å². The highest BCUT2D eigenvalue weighted by Crippen LogP contribution is 2.50. The van der Waals surface area contributed by atoms with Gasteiger partial charge in [0, 0.05) is 16.1 Å². The number of hydrogen-bond acceptors (Lipinski definition) is 1. The highest BCUT2D eigenvalue weighted by molar-refractivity contribution is 9.10. The van der Waals surface area contributed by atoms with Crippen molar-refractivity contribution in [1.82, 2.24) is 0 Å². The smallest absolute Gasteiger partial charge is 0.378 e. The Hall–Kier alpha value is -1.75. The molecule has 124 valence electrons. The Kier molecular flexibility index (Phi) is 3.71. The minimum absolute atomic E-state index is 0.0252. The number of rotatable bonds is 1. The summed E-state index contributed by atoms with van der Waals surface area (Å²) in [5, 5.41) is 3.46. The van der Waals surface area contributed by atoms with E-state index in [0.29, 0.717) is 0 Å². The molecule has 1 aliphatic heterocycles. The van der Waals surface area contributed by atoms with E-state index in [9.17, 15) is 13.2 Å². The molecule has 5 heteroatoms. The van der Waals surface area contributed by atoms with Crippen LogP contribution in [-0.4, -0.2) is 0 Å². The van der Waals surface area contributed by atoms with Crippen molar-refractivity contribution >= 4 is 21.6 Å². The minimum Gasteiger partial charge on any atom is -0.378 e. The Morgan fingerprint density at radius 2 is 1.79 bits per heavy atom. The standard InChI is InChI=1S/C19H15BrF3N/c20-13-7-4-11(5-8-13)18-15-3-1-2-14(15)16-10-12(19(21,22)23)6-9-17(16)24-18/h1-2,4-10,14-15,18,24H,3H2/t14-,15+,18+/m1/s1. The summed E-state index contributed by atoms with van der Waals surface area (Å²) in [6.07, 6.45) is 0.693. The van der Waals surface area contributed by atoms with Gasteiger partial charge in [-0.2, -0.15) is 13.2 Å². The van der Waals surface area contributed by atoms with Crippen LogP contribution in [0.1, 0.15) is 35.1 Å². The predicted molar refractivity (Wildman–Crippen MR) is 91.9 cm³/mol. The van der Waals surface area contributed by atoms with Crippen LogP contribution in [0.25, 0.3) is 0 Å². The fraction of sp³-hybridized carbons (Fsp3) is 0.263. The van der Waals surface area contributed by atoms with Crippen LogP contribution in [0, 0.1) is 5.92 Å². The van der Waals surface area contributed by atoms with Gasteiger partial charge in [0.1, 0.15) is 0 Å². The normalized spacial score (nSPS) is 25.1. The zero-order valence-corrected chi connectivity index (χ0v) is 14.2. The van der Waals surface area contributed by atoms with Gasteiger partial charge < -0.3 is 5.32 Å². The molecule has 0 bridgehead atoms. The summed E-state index contributed by atoms with van der Waals surface area (Å²) in [6.45, 7) is 0. The summed E-state index contributed by atoms with van der Waals surface area (Å²) in [5.41, 5.74) is 2.12. The van der Waals surface area contributed by atoms with Crippen LogP contribution in [0.3, 0.4) is 0 Å². The Labute approximate surface area is 146 Å². The van der Waals surface area contributed by atoms with Crippen molar-refractivity contribution in [2.24, 2.45) is 5.92 Å². The molecule has 0 unspecified atom stereocenters. The van der Waals surface area contributed by atoms with Gasteiger partial charge >= 0.3 is 6.18 Å². The molecule has 1 N–H and O–H groups in total. The van der Waals surface area contributed by atoms with Crippen LogP contribution in [0.4, 0.5) is 18.9 Å². The van der Waals surface area contributed by atoms with Crippen molar-refractivity contribution in [3.05, 3.63) is 75.8 Å². The predicted octanol–water partition coefficient (Wildman–Crippen LogP) is 6.29. The van der Waals surface area contributed by atoms with Gasteiger partial charge in [-0.15, -0.1) is 0 Å². The average molecular weight is 394 g/mol. The third-order valence-corrected chi connectivity index (χ3v) is 5.45. The molecule has 2 aromatic carbocycles. The van der Waals surface area contributed by atoms with E-state index in [0.717, 1.165) is 33.8 Å².